The van der Waals surface area contributed by atoms with E-state index in [1.807, 2.05) is 11.3 Å². The number of nitrogens with zero attached hydrogens (tertiary/aromatic N) is 1. The fourth-order valence-corrected chi connectivity index (χ4v) is 4.63. The van der Waals surface area contributed by atoms with Crippen molar-refractivity contribution in [2.45, 2.75) is 50.7 Å². The van der Waals surface area contributed by atoms with Gasteiger partial charge < -0.3 is 0 Å². The van der Waals surface area contributed by atoms with Gasteiger partial charge in [-0.2, -0.15) is 0 Å². The van der Waals surface area contributed by atoms with Crippen LogP contribution in [0.5, 0.6) is 0 Å². The fourth-order valence-electron chi connectivity index (χ4n) is 3.14. The van der Waals surface area contributed by atoms with Crippen LogP contribution < -0.4 is 0 Å². The van der Waals surface area contributed by atoms with Crippen molar-refractivity contribution in [1.82, 2.24) is 4.90 Å². The molecular weight excluding hydrogens is 298 g/mol. The molecule has 0 N–H and O–H groups in total. The number of halogens is 1. The van der Waals surface area contributed by atoms with Crippen LogP contribution in [0.4, 0.5) is 0 Å². The monoisotopic (exact) mass is 313 g/mol. The van der Waals surface area contributed by atoms with E-state index in [2.05, 4.69) is 33.0 Å². The number of thiophene rings is 1. The normalized spacial score (nSPS) is 29.6. The molecule has 3 heterocycles. The van der Waals surface area contributed by atoms with E-state index in [-0.39, 0.29) is 0 Å². The minimum Gasteiger partial charge on any atom is -0.300 e. The first-order valence-electron chi connectivity index (χ1n) is 6.24. The summed E-state index contributed by atoms with van der Waals surface area (Å²) in [5.41, 5.74) is 0. The minimum absolute atomic E-state index is 0.475. The second-order valence-electron chi connectivity index (χ2n) is 5.06. The van der Waals surface area contributed by atoms with Crippen LogP contribution in [0.2, 0.25) is 0 Å². The molecule has 0 spiro atoms. The summed E-state index contributed by atoms with van der Waals surface area (Å²) in [4.78, 5) is 15.6. The van der Waals surface area contributed by atoms with E-state index in [0.717, 1.165) is 19.4 Å². The number of piperidine rings is 2. The maximum atomic E-state index is 11.6. The lowest BCUT2D eigenvalue weighted by Gasteiger charge is -2.45. The lowest BCUT2D eigenvalue weighted by Crippen LogP contribution is -2.51. The van der Waals surface area contributed by atoms with E-state index in [1.165, 1.54) is 27.9 Å². The molecule has 0 aliphatic carbocycles. The van der Waals surface area contributed by atoms with Gasteiger partial charge in [0.15, 0.2) is 0 Å². The molecule has 2 atom stereocenters. The highest BCUT2D eigenvalue weighted by Crippen LogP contribution is 2.35. The van der Waals surface area contributed by atoms with Crippen molar-refractivity contribution >= 4 is 33.0 Å². The largest absolute Gasteiger partial charge is 0.300 e. The van der Waals surface area contributed by atoms with Crippen molar-refractivity contribution in [3.05, 3.63) is 20.8 Å². The highest BCUT2D eigenvalue weighted by atomic mass is 79.9. The number of Topliss-reactive ketones (excluding diaryl/α,β-unsaturated/α-hetero) is 1. The quantitative estimate of drug-likeness (QED) is 0.831. The van der Waals surface area contributed by atoms with Crippen molar-refractivity contribution in [2.75, 3.05) is 0 Å². The Morgan fingerprint density at radius 2 is 2.00 bits per heavy atom. The van der Waals surface area contributed by atoms with Crippen molar-refractivity contribution in [3.63, 3.8) is 0 Å². The molecule has 4 heteroatoms. The fraction of sp³-hybridized carbons (Fsp3) is 0.615. The van der Waals surface area contributed by atoms with Crippen molar-refractivity contribution < 1.29 is 4.79 Å². The summed E-state index contributed by atoms with van der Waals surface area (Å²) >= 11 is 5.32. The topological polar surface area (TPSA) is 20.3 Å². The van der Waals surface area contributed by atoms with Crippen LogP contribution in [0.15, 0.2) is 15.9 Å². The molecule has 92 valence electrons. The van der Waals surface area contributed by atoms with Crippen LogP contribution in [0.25, 0.3) is 0 Å². The third-order valence-corrected chi connectivity index (χ3v) is 5.51. The first-order chi connectivity index (χ1) is 8.22. The Morgan fingerprint density at radius 1 is 1.29 bits per heavy atom. The lowest BCUT2D eigenvalue weighted by atomic mass is 9.84. The Kier molecular flexibility index (Phi) is 3.37. The molecule has 3 rings (SSSR count). The summed E-state index contributed by atoms with van der Waals surface area (Å²) in [5, 5.41) is 0. The van der Waals surface area contributed by atoms with E-state index in [4.69, 9.17) is 0 Å². The molecule has 2 aliphatic heterocycles. The number of carbonyl (C=O) groups is 1. The van der Waals surface area contributed by atoms with Crippen LogP contribution in [0, 0.1) is 0 Å². The first-order valence-corrected chi connectivity index (χ1v) is 7.85. The predicted octanol–water partition coefficient (Wildman–Crippen LogP) is 3.60. The zero-order valence-corrected chi connectivity index (χ0v) is 12.1. The maximum Gasteiger partial charge on any atom is 0.136 e. The van der Waals surface area contributed by atoms with Crippen molar-refractivity contribution in [2.24, 2.45) is 0 Å². The van der Waals surface area contributed by atoms with Gasteiger partial charge in [-0.1, -0.05) is 6.42 Å². The molecular formula is C13H16BrNOS. The molecule has 0 radical (unpaired) electrons. The molecule has 2 bridgehead atoms. The summed E-state index contributed by atoms with van der Waals surface area (Å²) in [7, 11) is 0. The van der Waals surface area contributed by atoms with Crippen LogP contribution in [0.1, 0.15) is 37.0 Å². The van der Waals surface area contributed by atoms with E-state index < -0.39 is 0 Å². The number of ketones is 1. The van der Waals surface area contributed by atoms with Crippen LogP contribution >= 0.6 is 27.3 Å². The molecule has 2 saturated heterocycles. The van der Waals surface area contributed by atoms with Gasteiger partial charge in [0, 0.05) is 36.3 Å². The summed E-state index contributed by atoms with van der Waals surface area (Å²) in [5.74, 6) is 0.475. The van der Waals surface area contributed by atoms with Gasteiger partial charge in [-0.05, 0) is 40.9 Å². The molecule has 0 aromatic carbocycles. The van der Waals surface area contributed by atoms with Crippen molar-refractivity contribution in [1.29, 1.82) is 0 Å². The van der Waals surface area contributed by atoms with Gasteiger partial charge in [0.25, 0.3) is 0 Å². The highest BCUT2D eigenvalue weighted by molar-refractivity contribution is 9.11. The number of rotatable bonds is 2. The molecule has 17 heavy (non-hydrogen) atoms. The SMILES string of the molecule is O=C1CC2CCCC(C1)N2Cc1ccc(Br)s1. The second kappa shape index (κ2) is 4.82. The smallest absolute Gasteiger partial charge is 0.136 e. The minimum atomic E-state index is 0.475. The van der Waals surface area contributed by atoms with Crippen LogP contribution in [0.3, 0.4) is 0 Å². The zero-order chi connectivity index (χ0) is 11.8. The Morgan fingerprint density at radius 3 is 2.59 bits per heavy atom. The summed E-state index contributed by atoms with van der Waals surface area (Å²) < 4.78 is 1.20. The second-order valence-corrected chi connectivity index (χ2v) is 7.61. The molecule has 2 nitrogen and oxygen atoms in total. The number of hydrogen-bond acceptors (Lipinski definition) is 3. The molecule has 1 aromatic heterocycles. The predicted molar refractivity (Wildman–Crippen MR) is 73.2 cm³/mol. The molecule has 2 aliphatic rings. The standard InChI is InChI=1S/C13H16BrNOS/c14-13-5-4-12(17-13)8-15-9-2-1-3-10(15)7-11(16)6-9/h4-5,9-10H,1-3,6-8H2. The van der Waals surface area contributed by atoms with Crippen LogP contribution in [-0.4, -0.2) is 22.8 Å². The molecule has 2 fully saturated rings. The van der Waals surface area contributed by atoms with E-state index in [1.54, 1.807) is 0 Å². The summed E-state index contributed by atoms with van der Waals surface area (Å²) in [6.07, 6.45) is 5.27. The Bertz CT molecular complexity index is 415. The van der Waals surface area contributed by atoms with Gasteiger partial charge in [0.2, 0.25) is 0 Å². The zero-order valence-electron chi connectivity index (χ0n) is 9.69. The number of carbonyl (C=O) groups excluding carboxylic acids is 1. The molecule has 2 unspecified atom stereocenters. The molecule has 1 aromatic rings. The van der Waals surface area contributed by atoms with Gasteiger partial charge in [-0.25, -0.2) is 0 Å². The average Bonchev–Trinajstić information content (AvgIpc) is 2.65. The lowest BCUT2D eigenvalue weighted by molar-refractivity contribution is -0.127. The Balaban J connectivity index is 1.76. The van der Waals surface area contributed by atoms with Gasteiger partial charge in [0.05, 0.1) is 3.79 Å². The maximum absolute atomic E-state index is 11.6. The Hall–Kier alpha value is -0.190. The van der Waals surface area contributed by atoms with E-state index in [0.29, 0.717) is 17.9 Å². The van der Waals surface area contributed by atoms with Gasteiger partial charge in [-0.3, -0.25) is 9.69 Å². The summed E-state index contributed by atoms with van der Waals surface area (Å²) in [6.45, 7) is 1.03. The van der Waals surface area contributed by atoms with E-state index in [9.17, 15) is 4.79 Å². The molecule has 0 amide bonds. The third kappa shape index (κ3) is 2.49. The average molecular weight is 314 g/mol. The van der Waals surface area contributed by atoms with E-state index >= 15 is 0 Å². The first kappa shape index (κ1) is 11.9. The van der Waals surface area contributed by atoms with Gasteiger partial charge in [0.1, 0.15) is 5.78 Å². The third-order valence-electron chi connectivity index (χ3n) is 3.91. The van der Waals surface area contributed by atoms with Gasteiger partial charge >= 0.3 is 0 Å². The van der Waals surface area contributed by atoms with Crippen LogP contribution in [-0.2, 0) is 11.3 Å². The van der Waals surface area contributed by atoms with Crippen molar-refractivity contribution in [3.8, 4) is 0 Å². The summed E-state index contributed by atoms with van der Waals surface area (Å²) in [6, 6.07) is 5.33. The van der Waals surface area contributed by atoms with Gasteiger partial charge in [-0.15, -0.1) is 11.3 Å². The Labute approximate surface area is 114 Å². The highest BCUT2D eigenvalue weighted by Gasteiger charge is 2.37. The molecule has 0 saturated carbocycles. The number of hydrogen-bond donors (Lipinski definition) is 0. The number of fused-ring (bicyclic) bond motifs is 2.